The molecule has 74 valence electrons. The Morgan fingerprint density at radius 2 is 2.15 bits per heavy atom. The van der Waals surface area contributed by atoms with Crippen molar-refractivity contribution >= 4 is 16.0 Å². The van der Waals surface area contributed by atoms with Crippen LogP contribution in [-0.4, -0.2) is 42.6 Å². The van der Waals surface area contributed by atoms with Crippen molar-refractivity contribution in [1.29, 1.82) is 0 Å². The van der Waals surface area contributed by atoms with Gasteiger partial charge in [-0.1, -0.05) is 6.08 Å². The Morgan fingerprint density at radius 3 is 2.54 bits per heavy atom. The van der Waals surface area contributed by atoms with Crippen LogP contribution in [0.25, 0.3) is 0 Å². The summed E-state index contributed by atoms with van der Waals surface area (Å²) in [5, 5.41) is 8.51. The second kappa shape index (κ2) is 3.47. The Hall–Kier alpha value is -0.880. The minimum absolute atomic E-state index is 0.0888. The summed E-state index contributed by atoms with van der Waals surface area (Å²) in [6.45, 7) is 3.50. The molecule has 0 atom stereocenters. The molecule has 5 nitrogen and oxygen atoms in total. The average molecular weight is 205 g/mol. The number of carboxylic acids is 1. The van der Waals surface area contributed by atoms with Crippen LogP contribution in [0.1, 0.15) is 0 Å². The highest BCUT2D eigenvalue weighted by Gasteiger charge is 2.38. The smallest absolute Gasteiger partial charge is 0.309 e. The van der Waals surface area contributed by atoms with E-state index in [9.17, 15) is 13.2 Å². The maximum atomic E-state index is 11.2. The lowest BCUT2D eigenvalue weighted by atomic mass is 10.0. The fourth-order valence-corrected chi connectivity index (χ4v) is 2.40. The number of sulfonamides is 1. The maximum absolute atomic E-state index is 11.2. The second-order valence-electron chi connectivity index (χ2n) is 2.92. The van der Waals surface area contributed by atoms with E-state index in [4.69, 9.17) is 5.11 Å². The molecule has 1 fully saturated rings. The van der Waals surface area contributed by atoms with Gasteiger partial charge in [-0.15, -0.1) is 6.58 Å². The average Bonchev–Trinajstić information content (AvgIpc) is 1.79. The lowest BCUT2D eigenvalue weighted by Crippen LogP contribution is -2.53. The van der Waals surface area contributed by atoms with E-state index in [1.807, 2.05) is 0 Å². The summed E-state index contributed by atoms with van der Waals surface area (Å²) in [7, 11) is -3.29. The maximum Gasteiger partial charge on any atom is 0.309 e. The number of nitrogens with zero attached hydrogens (tertiary/aromatic N) is 1. The van der Waals surface area contributed by atoms with Gasteiger partial charge in [-0.3, -0.25) is 4.79 Å². The summed E-state index contributed by atoms with van der Waals surface area (Å²) in [5.41, 5.74) is 0. The van der Waals surface area contributed by atoms with Crippen molar-refractivity contribution < 1.29 is 18.3 Å². The summed E-state index contributed by atoms with van der Waals surface area (Å²) >= 11 is 0. The summed E-state index contributed by atoms with van der Waals surface area (Å²) in [5.74, 6) is -1.61. The molecule has 1 N–H and O–H groups in total. The van der Waals surface area contributed by atoms with Gasteiger partial charge in [0.25, 0.3) is 0 Å². The van der Waals surface area contributed by atoms with Gasteiger partial charge < -0.3 is 5.11 Å². The van der Waals surface area contributed by atoms with Crippen LogP contribution in [0.3, 0.4) is 0 Å². The van der Waals surface area contributed by atoms with Gasteiger partial charge >= 0.3 is 5.97 Å². The Kier molecular flexibility index (Phi) is 2.72. The first kappa shape index (κ1) is 10.2. The monoisotopic (exact) mass is 205 g/mol. The van der Waals surface area contributed by atoms with Gasteiger partial charge in [-0.2, -0.15) is 4.31 Å². The summed E-state index contributed by atoms with van der Waals surface area (Å²) < 4.78 is 23.6. The van der Waals surface area contributed by atoms with E-state index in [2.05, 4.69) is 6.58 Å². The largest absolute Gasteiger partial charge is 0.481 e. The fraction of sp³-hybridized carbons (Fsp3) is 0.571. The SMILES string of the molecule is C=CCS(=O)(=O)N1CC(C(=O)O)C1. The summed E-state index contributed by atoms with van der Waals surface area (Å²) in [4.78, 5) is 10.4. The molecule has 0 saturated carbocycles. The zero-order valence-electron chi connectivity index (χ0n) is 7.01. The van der Waals surface area contributed by atoms with Crippen molar-refractivity contribution in [1.82, 2.24) is 4.31 Å². The van der Waals surface area contributed by atoms with Crippen LogP contribution in [0, 0.1) is 5.92 Å². The molecule has 0 spiro atoms. The molecule has 1 aliphatic rings. The van der Waals surface area contributed by atoms with Gasteiger partial charge in [0.2, 0.25) is 10.0 Å². The minimum atomic E-state index is -3.29. The number of hydrogen-bond donors (Lipinski definition) is 1. The van der Waals surface area contributed by atoms with Crippen LogP contribution >= 0.6 is 0 Å². The van der Waals surface area contributed by atoms with E-state index in [0.29, 0.717) is 0 Å². The molecule has 0 aromatic carbocycles. The first-order valence-corrected chi connectivity index (χ1v) is 5.40. The molecular formula is C7H11NO4S. The molecule has 0 aliphatic carbocycles. The highest BCUT2D eigenvalue weighted by Crippen LogP contribution is 2.19. The molecule has 1 rings (SSSR count). The third kappa shape index (κ3) is 2.07. The van der Waals surface area contributed by atoms with Gasteiger partial charge in [-0.05, 0) is 0 Å². The van der Waals surface area contributed by atoms with E-state index < -0.39 is 21.9 Å². The normalized spacial score (nSPS) is 19.4. The van der Waals surface area contributed by atoms with Crippen LogP contribution in [0.4, 0.5) is 0 Å². The Morgan fingerprint density at radius 1 is 1.62 bits per heavy atom. The van der Waals surface area contributed by atoms with Gasteiger partial charge in [0, 0.05) is 13.1 Å². The minimum Gasteiger partial charge on any atom is -0.481 e. The van der Waals surface area contributed by atoms with Crippen LogP contribution in [0.2, 0.25) is 0 Å². The van der Waals surface area contributed by atoms with Crippen molar-refractivity contribution in [3.8, 4) is 0 Å². The third-order valence-electron chi connectivity index (χ3n) is 1.92. The molecule has 0 radical (unpaired) electrons. The fourth-order valence-electron chi connectivity index (χ4n) is 1.08. The predicted octanol–water partition coefficient (Wildman–Crippen LogP) is -0.481. The van der Waals surface area contributed by atoms with Crippen LogP contribution < -0.4 is 0 Å². The topological polar surface area (TPSA) is 74.7 Å². The molecule has 0 bridgehead atoms. The standard InChI is InChI=1S/C7H11NO4S/c1-2-3-13(11,12)8-4-6(5-8)7(9)10/h2,6H,1,3-5H2,(H,9,10). The van der Waals surface area contributed by atoms with Crippen molar-refractivity contribution in [3.05, 3.63) is 12.7 Å². The Bertz CT molecular complexity index is 315. The van der Waals surface area contributed by atoms with Crippen molar-refractivity contribution in [3.63, 3.8) is 0 Å². The molecule has 0 aromatic heterocycles. The van der Waals surface area contributed by atoms with Crippen molar-refractivity contribution in [2.24, 2.45) is 5.92 Å². The number of rotatable bonds is 4. The van der Waals surface area contributed by atoms with Crippen LogP contribution in [0.5, 0.6) is 0 Å². The quantitative estimate of drug-likeness (QED) is 0.629. The zero-order valence-corrected chi connectivity index (χ0v) is 7.83. The molecule has 1 aliphatic heterocycles. The summed E-state index contributed by atoms with van der Waals surface area (Å²) in [6.07, 6.45) is 1.30. The zero-order chi connectivity index (χ0) is 10.1. The third-order valence-corrected chi connectivity index (χ3v) is 3.66. The van der Waals surface area contributed by atoms with E-state index in [1.165, 1.54) is 6.08 Å². The van der Waals surface area contributed by atoms with E-state index in [1.54, 1.807) is 0 Å². The molecule has 6 heteroatoms. The first-order chi connectivity index (χ1) is 5.97. The number of hydrogen-bond acceptors (Lipinski definition) is 3. The Labute approximate surface area is 76.7 Å². The van der Waals surface area contributed by atoms with Gasteiger partial charge in [0.05, 0.1) is 11.7 Å². The molecule has 0 unspecified atom stereocenters. The molecule has 0 aromatic rings. The number of carboxylic acid groups (broad SMARTS) is 1. The Balaban J connectivity index is 2.52. The molecule has 1 heterocycles. The van der Waals surface area contributed by atoms with Crippen LogP contribution in [0.15, 0.2) is 12.7 Å². The van der Waals surface area contributed by atoms with E-state index in [-0.39, 0.29) is 18.8 Å². The van der Waals surface area contributed by atoms with E-state index in [0.717, 1.165) is 4.31 Å². The second-order valence-corrected chi connectivity index (χ2v) is 4.93. The predicted molar refractivity (Wildman–Crippen MR) is 46.7 cm³/mol. The first-order valence-electron chi connectivity index (χ1n) is 3.79. The number of aliphatic carboxylic acids is 1. The van der Waals surface area contributed by atoms with Gasteiger partial charge in [0.1, 0.15) is 0 Å². The molecular weight excluding hydrogens is 194 g/mol. The van der Waals surface area contributed by atoms with Crippen molar-refractivity contribution in [2.75, 3.05) is 18.8 Å². The van der Waals surface area contributed by atoms with E-state index >= 15 is 0 Å². The lowest BCUT2D eigenvalue weighted by molar-refractivity contribution is -0.145. The highest BCUT2D eigenvalue weighted by atomic mass is 32.2. The van der Waals surface area contributed by atoms with Gasteiger partial charge in [0.15, 0.2) is 0 Å². The van der Waals surface area contributed by atoms with Crippen molar-refractivity contribution in [2.45, 2.75) is 0 Å². The van der Waals surface area contributed by atoms with Gasteiger partial charge in [-0.25, -0.2) is 8.42 Å². The summed E-state index contributed by atoms with van der Waals surface area (Å²) in [6, 6.07) is 0. The molecule has 13 heavy (non-hydrogen) atoms. The molecule has 1 saturated heterocycles. The highest BCUT2D eigenvalue weighted by molar-refractivity contribution is 7.89. The van der Waals surface area contributed by atoms with Crippen LogP contribution in [-0.2, 0) is 14.8 Å². The molecule has 0 amide bonds. The number of carbonyl (C=O) groups is 1. The lowest BCUT2D eigenvalue weighted by Gasteiger charge is -2.35.